The van der Waals surface area contributed by atoms with Crippen molar-refractivity contribution >= 4 is 33.9 Å². The van der Waals surface area contributed by atoms with Crippen LogP contribution in [0.5, 0.6) is 5.75 Å². The molecular weight excluding hydrogens is 434 g/mol. The summed E-state index contributed by atoms with van der Waals surface area (Å²) in [4.78, 5) is 30.3. The molecule has 2 heterocycles. The number of fused-ring (bicyclic) bond motifs is 1. The van der Waals surface area contributed by atoms with Crippen molar-refractivity contribution in [2.75, 3.05) is 13.7 Å². The Hall–Kier alpha value is -2.93. The topological polar surface area (TPSA) is 80.3 Å². The molecule has 1 saturated heterocycles. The van der Waals surface area contributed by atoms with Gasteiger partial charge in [0.15, 0.2) is 0 Å². The first-order valence-electron chi connectivity index (χ1n) is 11.5. The van der Waals surface area contributed by atoms with Crippen molar-refractivity contribution in [1.29, 1.82) is 0 Å². The molecule has 3 aromatic rings. The number of nitrogens with one attached hydrogen (secondary N) is 2. The van der Waals surface area contributed by atoms with E-state index in [-0.39, 0.29) is 11.8 Å². The van der Waals surface area contributed by atoms with Crippen molar-refractivity contribution in [2.24, 2.45) is 0 Å². The maximum Gasteiger partial charge on any atom is 0.220 e. The Bertz CT molecular complexity index is 1140. The predicted octanol–water partition coefficient (Wildman–Crippen LogP) is 4.33. The normalized spacial score (nSPS) is 17.8. The van der Waals surface area contributed by atoms with E-state index in [9.17, 15) is 9.59 Å². The molecule has 1 aromatic heterocycles. The first-order chi connectivity index (χ1) is 16.0. The minimum Gasteiger partial charge on any atom is -0.496 e. The molecule has 0 bridgehead atoms. The van der Waals surface area contributed by atoms with Crippen LogP contribution in [0.1, 0.15) is 48.2 Å². The minimum atomic E-state index is -0.397. The summed E-state index contributed by atoms with van der Waals surface area (Å²) >= 11 is 1.67. The lowest BCUT2D eigenvalue weighted by atomic mass is 9.83. The molecule has 33 heavy (non-hydrogen) atoms. The van der Waals surface area contributed by atoms with Crippen molar-refractivity contribution < 1.29 is 14.3 Å². The maximum absolute atomic E-state index is 12.6. The van der Waals surface area contributed by atoms with E-state index in [1.54, 1.807) is 18.4 Å². The van der Waals surface area contributed by atoms with Crippen LogP contribution < -0.4 is 15.4 Å². The molecule has 0 aliphatic carbocycles. The highest BCUT2D eigenvalue weighted by atomic mass is 32.1. The molecule has 2 amide bonds. The first kappa shape index (κ1) is 23.2. The zero-order valence-electron chi connectivity index (χ0n) is 19.3. The largest absolute Gasteiger partial charge is 0.496 e. The zero-order chi connectivity index (χ0) is 23.3. The number of hydrogen-bond donors (Lipinski definition) is 2. The quantitative estimate of drug-likeness (QED) is 0.437. The lowest BCUT2D eigenvalue weighted by molar-refractivity contribution is -0.122. The van der Waals surface area contributed by atoms with Gasteiger partial charge >= 0.3 is 0 Å². The number of nitrogens with zero attached hydrogens (tertiary/aromatic N) is 1. The van der Waals surface area contributed by atoms with Gasteiger partial charge in [-0.25, -0.2) is 4.98 Å². The van der Waals surface area contributed by atoms with Gasteiger partial charge in [0.25, 0.3) is 0 Å². The van der Waals surface area contributed by atoms with Gasteiger partial charge in [0, 0.05) is 35.2 Å². The van der Waals surface area contributed by atoms with Crippen molar-refractivity contribution in [3.8, 4) is 5.75 Å². The van der Waals surface area contributed by atoms with E-state index in [1.807, 2.05) is 30.6 Å². The highest BCUT2D eigenvalue weighted by Crippen LogP contribution is 2.34. The molecule has 2 N–H and O–H groups in total. The van der Waals surface area contributed by atoms with E-state index in [0.717, 1.165) is 47.0 Å². The number of hydrogen-bond acceptors (Lipinski definition) is 5. The Kier molecular flexibility index (Phi) is 7.28. The summed E-state index contributed by atoms with van der Waals surface area (Å²) in [6.45, 7) is 2.67. The Balaban J connectivity index is 1.38. The standard InChI is InChI=1S/C26H31N3O3S/c1-18-23(33-17-28-18)8-5-15-27-24(30)11-13-26(14-12-25(31)29-26)16-19-9-10-22(32-2)21-7-4-3-6-20(19)21/h3-4,6-7,9-10,17H,5,8,11-16H2,1-2H3,(H,27,30)(H,29,31)/t26-/m1/s1. The molecule has 1 aliphatic rings. The van der Waals surface area contributed by atoms with Crippen LogP contribution in [0, 0.1) is 6.92 Å². The third kappa shape index (κ3) is 5.53. The molecule has 7 heteroatoms. The van der Waals surface area contributed by atoms with Crippen LogP contribution >= 0.6 is 11.3 Å². The predicted molar refractivity (Wildman–Crippen MR) is 132 cm³/mol. The van der Waals surface area contributed by atoms with Gasteiger partial charge in [-0.1, -0.05) is 30.3 Å². The molecule has 4 rings (SSSR count). The lowest BCUT2D eigenvalue weighted by Gasteiger charge is -2.30. The molecule has 0 radical (unpaired) electrons. The van der Waals surface area contributed by atoms with E-state index < -0.39 is 5.54 Å². The molecule has 0 unspecified atom stereocenters. The molecule has 6 nitrogen and oxygen atoms in total. The molecule has 0 spiro atoms. The molecule has 1 aliphatic heterocycles. The van der Waals surface area contributed by atoms with Crippen LogP contribution in [-0.4, -0.2) is 36.0 Å². The third-order valence-corrected chi connectivity index (χ3v) is 7.53. The summed E-state index contributed by atoms with van der Waals surface area (Å²) in [5.74, 6) is 0.941. The van der Waals surface area contributed by atoms with Gasteiger partial charge in [-0.05, 0) is 56.0 Å². The second-order valence-corrected chi connectivity index (χ2v) is 9.73. The zero-order valence-corrected chi connectivity index (χ0v) is 20.1. The number of carbonyl (C=O) groups excluding carboxylic acids is 2. The monoisotopic (exact) mass is 465 g/mol. The average molecular weight is 466 g/mol. The second kappa shape index (κ2) is 10.3. The third-order valence-electron chi connectivity index (χ3n) is 6.54. The Labute approximate surface area is 198 Å². The summed E-state index contributed by atoms with van der Waals surface area (Å²) in [5.41, 5.74) is 3.71. The Morgan fingerprint density at radius 2 is 2.06 bits per heavy atom. The smallest absolute Gasteiger partial charge is 0.220 e. The molecular formula is C26H31N3O3S. The van der Waals surface area contributed by atoms with Crippen LogP contribution in [0.2, 0.25) is 0 Å². The van der Waals surface area contributed by atoms with Crippen molar-refractivity contribution in [1.82, 2.24) is 15.6 Å². The van der Waals surface area contributed by atoms with E-state index in [0.29, 0.717) is 32.2 Å². The summed E-state index contributed by atoms with van der Waals surface area (Å²) in [6, 6.07) is 12.2. The van der Waals surface area contributed by atoms with Gasteiger partial charge in [0.2, 0.25) is 11.8 Å². The lowest BCUT2D eigenvalue weighted by Crippen LogP contribution is -2.44. The summed E-state index contributed by atoms with van der Waals surface area (Å²) in [6.07, 6.45) is 4.79. The summed E-state index contributed by atoms with van der Waals surface area (Å²) in [7, 11) is 1.68. The van der Waals surface area contributed by atoms with Gasteiger partial charge in [0.1, 0.15) is 5.75 Å². The van der Waals surface area contributed by atoms with Gasteiger partial charge in [-0.3, -0.25) is 9.59 Å². The van der Waals surface area contributed by atoms with Crippen LogP contribution in [0.15, 0.2) is 41.9 Å². The number of methoxy groups -OCH3 is 1. The highest BCUT2D eigenvalue weighted by molar-refractivity contribution is 7.09. The van der Waals surface area contributed by atoms with Crippen molar-refractivity contribution in [3.05, 3.63) is 58.0 Å². The number of rotatable bonds is 10. The Morgan fingerprint density at radius 1 is 1.24 bits per heavy atom. The highest BCUT2D eigenvalue weighted by Gasteiger charge is 2.38. The van der Waals surface area contributed by atoms with Crippen molar-refractivity contribution in [2.45, 2.75) is 57.4 Å². The number of amides is 2. The van der Waals surface area contributed by atoms with Crippen molar-refractivity contribution in [3.63, 3.8) is 0 Å². The molecule has 174 valence electrons. The van der Waals surface area contributed by atoms with Gasteiger partial charge in [-0.15, -0.1) is 11.3 Å². The first-order valence-corrected chi connectivity index (χ1v) is 12.4. The van der Waals surface area contributed by atoms with Gasteiger partial charge in [0.05, 0.1) is 18.3 Å². The molecule has 1 fully saturated rings. The fraction of sp³-hybridized carbons (Fsp3) is 0.423. The van der Waals surface area contributed by atoms with Crippen LogP contribution in [-0.2, 0) is 22.4 Å². The molecule has 2 aromatic carbocycles. The Morgan fingerprint density at radius 3 is 2.76 bits per heavy atom. The van der Waals surface area contributed by atoms with Crippen LogP contribution in [0.3, 0.4) is 0 Å². The SMILES string of the molecule is COc1ccc(C[C@@]2(CCC(=O)NCCCc3scnc3C)CCC(=O)N2)c2ccccc12. The maximum atomic E-state index is 12.6. The average Bonchev–Trinajstić information content (AvgIpc) is 3.40. The van der Waals surface area contributed by atoms with Crippen LogP contribution in [0.25, 0.3) is 10.8 Å². The number of thiazole rings is 1. The van der Waals surface area contributed by atoms with Crippen LogP contribution in [0.4, 0.5) is 0 Å². The van der Waals surface area contributed by atoms with Gasteiger partial charge < -0.3 is 15.4 Å². The molecule has 1 atom stereocenters. The number of benzene rings is 2. The minimum absolute atomic E-state index is 0.0381. The number of aryl methyl sites for hydroxylation is 2. The summed E-state index contributed by atoms with van der Waals surface area (Å²) < 4.78 is 5.52. The number of aromatic nitrogens is 1. The van der Waals surface area contributed by atoms with Gasteiger partial charge in [-0.2, -0.15) is 0 Å². The number of ether oxygens (including phenoxy) is 1. The van der Waals surface area contributed by atoms with E-state index in [1.165, 1.54) is 4.88 Å². The fourth-order valence-electron chi connectivity index (χ4n) is 4.70. The second-order valence-electron chi connectivity index (χ2n) is 8.79. The molecule has 0 saturated carbocycles. The van der Waals surface area contributed by atoms with E-state index >= 15 is 0 Å². The summed E-state index contributed by atoms with van der Waals surface area (Å²) in [5, 5.41) is 8.43. The fourth-order valence-corrected chi connectivity index (χ4v) is 5.52. The van der Waals surface area contributed by atoms with E-state index in [2.05, 4.69) is 33.8 Å². The van der Waals surface area contributed by atoms with E-state index in [4.69, 9.17) is 4.74 Å². The number of carbonyl (C=O) groups is 2.